The number of fused-ring (bicyclic) bond motifs is 1. The van der Waals surface area contributed by atoms with Crippen molar-refractivity contribution in [2.24, 2.45) is 0 Å². The maximum absolute atomic E-state index is 13.7. The van der Waals surface area contributed by atoms with Crippen LogP contribution < -0.4 is 10.1 Å². The van der Waals surface area contributed by atoms with Crippen LogP contribution in [-0.2, 0) is 11.2 Å². The van der Waals surface area contributed by atoms with Crippen LogP contribution in [0.5, 0.6) is 5.75 Å². The Morgan fingerprint density at radius 2 is 1.63 bits per heavy atom. The number of carbonyl (C=O) groups is 2. The first-order valence-corrected chi connectivity index (χ1v) is 13.0. The highest BCUT2D eigenvalue weighted by atomic mass is 16.5. The lowest BCUT2D eigenvalue weighted by Crippen LogP contribution is -2.40. The van der Waals surface area contributed by atoms with Crippen LogP contribution in [0.25, 0.3) is 0 Å². The molecule has 1 aliphatic rings. The van der Waals surface area contributed by atoms with E-state index in [1.807, 2.05) is 84.6 Å². The van der Waals surface area contributed by atoms with Crippen LogP contribution in [0, 0.1) is 13.8 Å². The summed E-state index contributed by atoms with van der Waals surface area (Å²) in [5, 5.41) is 2.92. The minimum Gasteiger partial charge on any atom is -0.481 e. The summed E-state index contributed by atoms with van der Waals surface area (Å²) in [6, 6.07) is 31.1. The van der Waals surface area contributed by atoms with Crippen molar-refractivity contribution < 1.29 is 14.3 Å². The Kier molecular flexibility index (Phi) is 7.27. The number of nitrogens with one attached hydrogen (secondary N) is 1. The van der Waals surface area contributed by atoms with Crippen molar-refractivity contribution in [2.45, 2.75) is 39.3 Å². The lowest BCUT2D eigenvalue weighted by Gasteiger charge is -2.38. The SMILES string of the molecule is Cc1ccc(NC(=O)[C@@H](C)Oc2ccc3c(c2)[C@@H](c2cccc(C)c2)N(C(=O)c2ccccc2)CC3)cc1. The smallest absolute Gasteiger partial charge is 0.265 e. The molecular weight excluding hydrogens is 472 g/mol. The van der Waals surface area contributed by atoms with E-state index in [0.717, 1.165) is 34.4 Å². The number of hydrogen-bond donors (Lipinski definition) is 1. The number of carbonyl (C=O) groups excluding carboxylic acids is 2. The summed E-state index contributed by atoms with van der Waals surface area (Å²) in [6.07, 6.45) is 0.0531. The van der Waals surface area contributed by atoms with Crippen molar-refractivity contribution in [1.29, 1.82) is 0 Å². The number of benzene rings is 4. The summed E-state index contributed by atoms with van der Waals surface area (Å²) < 4.78 is 6.11. The third kappa shape index (κ3) is 5.47. The fraction of sp³-hybridized carbons (Fsp3) is 0.212. The van der Waals surface area contributed by atoms with Crippen LogP contribution in [0.15, 0.2) is 97.1 Å². The zero-order valence-corrected chi connectivity index (χ0v) is 22.0. The maximum atomic E-state index is 13.7. The Bertz CT molecular complexity index is 1450. The maximum Gasteiger partial charge on any atom is 0.265 e. The van der Waals surface area contributed by atoms with Gasteiger partial charge in [-0.05, 0) is 80.3 Å². The third-order valence-electron chi connectivity index (χ3n) is 6.99. The molecule has 2 amide bonds. The molecule has 5 heteroatoms. The molecule has 2 atom stereocenters. The molecule has 5 nitrogen and oxygen atoms in total. The van der Waals surface area contributed by atoms with Crippen molar-refractivity contribution in [3.05, 3.63) is 130 Å². The number of anilines is 1. The van der Waals surface area contributed by atoms with Crippen LogP contribution >= 0.6 is 0 Å². The zero-order valence-electron chi connectivity index (χ0n) is 22.0. The zero-order chi connectivity index (χ0) is 26.6. The molecule has 38 heavy (non-hydrogen) atoms. The molecule has 0 spiro atoms. The van der Waals surface area contributed by atoms with Gasteiger partial charge in [0.15, 0.2) is 6.10 Å². The monoisotopic (exact) mass is 504 g/mol. The number of hydrogen-bond acceptors (Lipinski definition) is 3. The Hall–Kier alpha value is -4.38. The predicted octanol–water partition coefficient (Wildman–Crippen LogP) is 6.50. The molecule has 0 aromatic heterocycles. The minimum absolute atomic E-state index is 0.0000729. The molecule has 1 aliphatic heterocycles. The second-order valence-electron chi connectivity index (χ2n) is 9.91. The minimum atomic E-state index is -0.697. The molecule has 4 aromatic carbocycles. The predicted molar refractivity (Wildman–Crippen MR) is 151 cm³/mol. The van der Waals surface area contributed by atoms with Crippen LogP contribution in [0.2, 0.25) is 0 Å². The molecule has 0 bridgehead atoms. The highest BCUT2D eigenvalue weighted by molar-refractivity contribution is 5.95. The lowest BCUT2D eigenvalue weighted by atomic mass is 9.87. The van der Waals surface area contributed by atoms with Crippen LogP contribution in [-0.4, -0.2) is 29.4 Å². The molecular formula is C33H32N2O3. The van der Waals surface area contributed by atoms with Gasteiger partial charge in [0.2, 0.25) is 0 Å². The van der Waals surface area contributed by atoms with Gasteiger partial charge in [0, 0.05) is 17.8 Å². The van der Waals surface area contributed by atoms with Crippen molar-refractivity contribution in [3.8, 4) is 5.75 Å². The van der Waals surface area contributed by atoms with E-state index in [-0.39, 0.29) is 17.9 Å². The molecule has 0 saturated carbocycles. The second-order valence-corrected chi connectivity index (χ2v) is 9.91. The summed E-state index contributed by atoms with van der Waals surface area (Å²) in [6.45, 7) is 6.43. The van der Waals surface area contributed by atoms with E-state index >= 15 is 0 Å². The van der Waals surface area contributed by atoms with Crippen molar-refractivity contribution in [1.82, 2.24) is 4.90 Å². The summed E-state index contributed by atoms with van der Waals surface area (Å²) in [7, 11) is 0. The fourth-order valence-corrected chi connectivity index (χ4v) is 4.97. The van der Waals surface area contributed by atoms with E-state index in [4.69, 9.17) is 4.74 Å². The lowest BCUT2D eigenvalue weighted by molar-refractivity contribution is -0.122. The first-order chi connectivity index (χ1) is 18.4. The Balaban J connectivity index is 1.44. The Labute approximate surface area is 224 Å². The van der Waals surface area contributed by atoms with E-state index in [9.17, 15) is 9.59 Å². The summed E-state index contributed by atoms with van der Waals surface area (Å²) in [5.74, 6) is 0.379. The summed E-state index contributed by atoms with van der Waals surface area (Å²) >= 11 is 0. The summed E-state index contributed by atoms with van der Waals surface area (Å²) in [4.78, 5) is 28.4. The first kappa shape index (κ1) is 25.3. The van der Waals surface area contributed by atoms with Gasteiger partial charge >= 0.3 is 0 Å². The van der Waals surface area contributed by atoms with E-state index in [2.05, 4.69) is 36.5 Å². The molecule has 0 fully saturated rings. The van der Waals surface area contributed by atoms with Gasteiger partial charge < -0.3 is 15.0 Å². The topological polar surface area (TPSA) is 58.6 Å². The molecule has 0 radical (unpaired) electrons. The van der Waals surface area contributed by atoms with Crippen LogP contribution in [0.3, 0.4) is 0 Å². The van der Waals surface area contributed by atoms with Gasteiger partial charge in [0.1, 0.15) is 5.75 Å². The largest absolute Gasteiger partial charge is 0.481 e. The fourth-order valence-electron chi connectivity index (χ4n) is 4.97. The van der Waals surface area contributed by atoms with E-state index in [0.29, 0.717) is 17.9 Å². The first-order valence-electron chi connectivity index (χ1n) is 13.0. The van der Waals surface area contributed by atoms with Crippen molar-refractivity contribution >= 4 is 17.5 Å². The highest BCUT2D eigenvalue weighted by Crippen LogP contribution is 2.38. The number of rotatable bonds is 6. The number of ether oxygens (including phenoxy) is 1. The number of amides is 2. The number of nitrogens with zero attached hydrogens (tertiary/aromatic N) is 1. The average Bonchev–Trinajstić information content (AvgIpc) is 2.93. The van der Waals surface area contributed by atoms with Crippen LogP contribution in [0.1, 0.15) is 51.1 Å². The van der Waals surface area contributed by atoms with Gasteiger partial charge in [-0.3, -0.25) is 9.59 Å². The highest BCUT2D eigenvalue weighted by Gasteiger charge is 2.33. The van der Waals surface area contributed by atoms with Gasteiger partial charge in [-0.2, -0.15) is 0 Å². The standard InChI is InChI=1S/C33H32N2O3/c1-22-12-15-28(16-13-22)34-32(36)24(3)38-29-17-14-25-18-19-35(33(37)26-9-5-4-6-10-26)31(30(25)21-29)27-11-7-8-23(2)20-27/h4-17,20-21,24,31H,18-19H2,1-3H3,(H,34,36)/t24-,31-/m1/s1. The van der Waals surface area contributed by atoms with Gasteiger partial charge in [-0.25, -0.2) is 0 Å². The second kappa shape index (κ2) is 10.9. The molecule has 0 unspecified atom stereocenters. The quantitative estimate of drug-likeness (QED) is 0.326. The van der Waals surface area contributed by atoms with Gasteiger partial charge in [0.05, 0.1) is 6.04 Å². The average molecular weight is 505 g/mol. The molecule has 1 N–H and O–H groups in total. The van der Waals surface area contributed by atoms with Gasteiger partial charge in [-0.1, -0.05) is 71.8 Å². The molecule has 5 rings (SSSR count). The Morgan fingerprint density at radius 1 is 0.868 bits per heavy atom. The number of aryl methyl sites for hydroxylation is 2. The van der Waals surface area contributed by atoms with E-state index in [1.165, 1.54) is 5.56 Å². The normalized spacial score (nSPS) is 15.3. The van der Waals surface area contributed by atoms with Crippen molar-refractivity contribution in [2.75, 3.05) is 11.9 Å². The molecule has 1 heterocycles. The van der Waals surface area contributed by atoms with Crippen molar-refractivity contribution in [3.63, 3.8) is 0 Å². The summed E-state index contributed by atoms with van der Waals surface area (Å²) in [5.41, 5.74) is 6.92. The molecule has 4 aromatic rings. The molecule has 0 aliphatic carbocycles. The van der Waals surface area contributed by atoms with E-state index in [1.54, 1.807) is 6.92 Å². The molecule has 192 valence electrons. The molecule has 0 saturated heterocycles. The van der Waals surface area contributed by atoms with Crippen LogP contribution in [0.4, 0.5) is 5.69 Å². The van der Waals surface area contributed by atoms with Gasteiger partial charge in [0.25, 0.3) is 11.8 Å². The third-order valence-corrected chi connectivity index (χ3v) is 6.99. The van der Waals surface area contributed by atoms with Gasteiger partial charge in [-0.15, -0.1) is 0 Å². The Morgan fingerprint density at radius 3 is 2.37 bits per heavy atom. The van der Waals surface area contributed by atoms with E-state index < -0.39 is 6.10 Å².